The summed E-state index contributed by atoms with van der Waals surface area (Å²) in [5.41, 5.74) is 0.257. The Morgan fingerprint density at radius 3 is 2.36 bits per heavy atom. The van der Waals surface area contributed by atoms with Gasteiger partial charge < -0.3 is 19.7 Å². The van der Waals surface area contributed by atoms with Gasteiger partial charge in [-0.3, -0.25) is 4.79 Å². The Kier molecular flexibility index (Phi) is 2.86. The Balaban J connectivity index is 3.17. The van der Waals surface area contributed by atoms with Crippen molar-refractivity contribution in [2.75, 3.05) is 14.2 Å². The van der Waals surface area contributed by atoms with Gasteiger partial charge in [0.1, 0.15) is 6.29 Å². The van der Waals surface area contributed by atoms with E-state index in [2.05, 4.69) is 0 Å². The Bertz CT molecular complexity index is 286. The normalized spacial score (nSPS) is 23.0. The van der Waals surface area contributed by atoms with Crippen LogP contribution in [0.5, 0.6) is 0 Å². The zero-order valence-corrected chi connectivity index (χ0v) is 7.93. The quantitative estimate of drug-likeness (QED) is 0.467. The molecular weight excluding hydrogens is 188 g/mol. The highest BCUT2D eigenvalue weighted by atomic mass is 16.7. The molecule has 0 heterocycles. The van der Waals surface area contributed by atoms with Crippen molar-refractivity contribution >= 4 is 6.29 Å². The summed E-state index contributed by atoms with van der Waals surface area (Å²) < 4.78 is 9.73. The van der Waals surface area contributed by atoms with E-state index in [0.29, 0.717) is 6.29 Å². The molecule has 5 nitrogen and oxygen atoms in total. The number of ether oxygens (including phenoxy) is 2. The van der Waals surface area contributed by atoms with E-state index >= 15 is 0 Å². The lowest BCUT2D eigenvalue weighted by molar-refractivity contribution is -0.328. The molecule has 0 aromatic heterocycles. The molecule has 78 valence electrons. The third kappa shape index (κ3) is 1.51. The van der Waals surface area contributed by atoms with Crippen molar-refractivity contribution < 1.29 is 24.5 Å². The maximum absolute atomic E-state index is 10.5. The summed E-state index contributed by atoms with van der Waals surface area (Å²) in [6.07, 6.45) is 4.09. The number of carbonyl (C=O) groups is 1. The number of allylic oxidation sites excluding steroid dienone is 2. The summed E-state index contributed by atoms with van der Waals surface area (Å²) in [7, 11) is 2.51. The number of rotatable bonds is 3. The van der Waals surface area contributed by atoms with Crippen LogP contribution in [0.3, 0.4) is 0 Å². The molecule has 2 N–H and O–H groups in total. The molecule has 0 fully saturated rings. The number of aldehydes is 1. The number of aliphatic hydroxyl groups is 2. The van der Waals surface area contributed by atoms with Gasteiger partial charge in [0.15, 0.2) is 0 Å². The van der Waals surface area contributed by atoms with Gasteiger partial charge in [-0.05, 0) is 12.2 Å². The van der Waals surface area contributed by atoms with Gasteiger partial charge in [-0.25, -0.2) is 0 Å². The summed E-state index contributed by atoms with van der Waals surface area (Å²) >= 11 is 0. The van der Waals surface area contributed by atoms with Crippen LogP contribution in [-0.4, -0.2) is 42.3 Å². The standard InChI is InChI=1S/C9H12O5/c1-13-9(14-2)5-7(6-10)3-4-8(9,11)12/h3-6,11-12H,1-2H3. The van der Waals surface area contributed by atoms with E-state index in [1.807, 2.05) is 0 Å². The molecule has 0 radical (unpaired) electrons. The van der Waals surface area contributed by atoms with Gasteiger partial charge in [-0.2, -0.15) is 0 Å². The van der Waals surface area contributed by atoms with Crippen molar-refractivity contribution in [3.63, 3.8) is 0 Å². The molecule has 1 rings (SSSR count). The minimum absolute atomic E-state index is 0.257. The van der Waals surface area contributed by atoms with Gasteiger partial charge in [0.05, 0.1) is 0 Å². The van der Waals surface area contributed by atoms with Crippen LogP contribution in [0.1, 0.15) is 0 Å². The summed E-state index contributed by atoms with van der Waals surface area (Å²) in [4.78, 5) is 10.5. The van der Waals surface area contributed by atoms with Crippen LogP contribution in [0, 0.1) is 0 Å². The average molecular weight is 200 g/mol. The lowest BCUT2D eigenvalue weighted by atomic mass is 9.96. The lowest BCUT2D eigenvalue weighted by Gasteiger charge is -2.38. The van der Waals surface area contributed by atoms with Crippen LogP contribution in [0.4, 0.5) is 0 Å². The fraction of sp³-hybridized carbons (Fsp3) is 0.444. The van der Waals surface area contributed by atoms with Gasteiger partial charge >= 0.3 is 0 Å². The fourth-order valence-corrected chi connectivity index (χ4v) is 1.28. The third-order valence-corrected chi connectivity index (χ3v) is 2.12. The van der Waals surface area contributed by atoms with Crippen LogP contribution >= 0.6 is 0 Å². The molecule has 0 amide bonds. The van der Waals surface area contributed by atoms with Crippen LogP contribution < -0.4 is 0 Å². The van der Waals surface area contributed by atoms with E-state index < -0.39 is 11.6 Å². The SMILES string of the molecule is COC1(OC)C=C(C=O)C=CC1(O)O. The summed E-state index contributed by atoms with van der Waals surface area (Å²) in [5, 5.41) is 19.1. The van der Waals surface area contributed by atoms with E-state index in [0.717, 1.165) is 6.08 Å². The number of hydrogen-bond donors (Lipinski definition) is 2. The van der Waals surface area contributed by atoms with E-state index in [-0.39, 0.29) is 5.57 Å². The molecule has 0 aromatic rings. The van der Waals surface area contributed by atoms with Crippen molar-refractivity contribution in [1.29, 1.82) is 0 Å². The Morgan fingerprint density at radius 1 is 1.36 bits per heavy atom. The molecule has 0 aromatic carbocycles. The van der Waals surface area contributed by atoms with Gasteiger partial charge in [-0.1, -0.05) is 6.08 Å². The van der Waals surface area contributed by atoms with Crippen molar-refractivity contribution in [3.8, 4) is 0 Å². The van der Waals surface area contributed by atoms with Crippen molar-refractivity contribution in [3.05, 3.63) is 23.8 Å². The minimum atomic E-state index is -2.29. The maximum atomic E-state index is 10.5. The van der Waals surface area contributed by atoms with Gasteiger partial charge in [0.2, 0.25) is 11.6 Å². The molecule has 0 saturated carbocycles. The molecule has 14 heavy (non-hydrogen) atoms. The minimum Gasteiger partial charge on any atom is -0.358 e. The molecule has 0 bridgehead atoms. The number of methoxy groups -OCH3 is 2. The third-order valence-electron chi connectivity index (χ3n) is 2.12. The molecular formula is C9H12O5. The van der Waals surface area contributed by atoms with Gasteiger partial charge in [0, 0.05) is 19.8 Å². The monoisotopic (exact) mass is 200 g/mol. The topological polar surface area (TPSA) is 76.0 Å². The zero-order chi connectivity index (χ0) is 10.8. The summed E-state index contributed by atoms with van der Waals surface area (Å²) in [5.74, 6) is -4.03. The van der Waals surface area contributed by atoms with E-state index in [4.69, 9.17) is 9.47 Å². The molecule has 0 spiro atoms. The molecule has 0 unspecified atom stereocenters. The van der Waals surface area contributed by atoms with Crippen LogP contribution in [0.15, 0.2) is 23.8 Å². The first kappa shape index (κ1) is 11.1. The highest BCUT2D eigenvalue weighted by Crippen LogP contribution is 2.32. The second-order valence-electron chi connectivity index (χ2n) is 2.90. The lowest BCUT2D eigenvalue weighted by Crippen LogP contribution is -2.55. The smallest absolute Gasteiger partial charge is 0.248 e. The van der Waals surface area contributed by atoms with Crippen LogP contribution in [-0.2, 0) is 14.3 Å². The largest absolute Gasteiger partial charge is 0.358 e. The Labute approximate surface area is 81.3 Å². The molecule has 5 heteroatoms. The number of hydrogen-bond acceptors (Lipinski definition) is 5. The van der Waals surface area contributed by atoms with Gasteiger partial charge in [-0.15, -0.1) is 0 Å². The molecule has 1 aliphatic rings. The van der Waals surface area contributed by atoms with E-state index in [1.54, 1.807) is 0 Å². The molecule has 1 aliphatic carbocycles. The van der Waals surface area contributed by atoms with Crippen molar-refractivity contribution in [2.45, 2.75) is 11.6 Å². The molecule has 0 atom stereocenters. The molecule has 0 saturated heterocycles. The van der Waals surface area contributed by atoms with E-state index in [9.17, 15) is 15.0 Å². The highest BCUT2D eigenvalue weighted by molar-refractivity contribution is 5.78. The molecule has 0 aliphatic heterocycles. The van der Waals surface area contributed by atoms with Gasteiger partial charge in [0.25, 0.3) is 0 Å². The summed E-state index contributed by atoms with van der Waals surface area (Å²) in [6.45, 7) is 0. The average Bonchev–Trinajstić information content (AvgIpc) is 2.18. The first-order valence-corrected chi connectivity index (χ1v) is 3.93. The Hall–Kier alpha value is -1.01. The zero-order valence-electron chi connectivity index (χ0n) is 7.93. The first-order valence-electron chi connectivity index (χ1n) is 3.93. The van der Waals surface area contributed by atoms with Crippen LogP contribution in [0.2, 0.25) is 0 Å². The van der Waals surface area contributed by atoms with E-state index in [1.165, 1.54) is 26.4 Å². The van der Waals surface area contributed by atoms with Crippen LogP contribution in [0.25, 0.3) is 0 Å². The fourth-order valence-electron chi connectivity index (χ4n) is 1.28. The number of carbonyl (C=O) groups excluding carboxylic acids is 1. The Morgan fingerprint density at radius 2 is 1.93 bits per heavy atom. The second kappa shape index (κ2) is 3.62. The van der Waals surface area contributed by atoms with Crippen molar-refractivity contribution in [1.82, 2.24) is 0 Å². The summed E-state index contributed by atoms with van der Waals surface area (Å²) in [6, 6.07) is 0. The first-order chi connectivity index (χ1) is 6.51. The predicted molar refractivity (Wildman–Crippen MR) is 47.2 cm³/mol. The maximum Gasteiger partial charge on any atom is 0.248 e. The van der Waals surface area contributed by atoms with Crippen molar-refractivity contribution in [2.24, 2.45) is 0 Å². The second-order valence-corrected chi connectivity index (χ2v) is 2.90. The highest BCUT2D eigenvalue weighted by Gasteiger charge is 2.49. The predicted octanol–water partition coefficient (Wildman–Crippen LogP) is -0.648.